The molecule has 3 heterocycles. The summed E-state index contributed by atoms with van der Waals surface area (Å²) in [7, 11) is 0.844. The molecule has 2 bridgehead atoms. The fraction of sp³-hybridized carbons (Fsp3) is 0.550. The van der Waals surface area contributed by atoms with Gasteiger partial charge in [0.25, 0.3) is 5.88 Å². The third-order valence-electron chi connectivity index (χ3n) is 5.83. The summed E-state index contributed by atoms with van der Waals surface area (Å²) in [6, 6.07) is 4.81. The zero-order chi connectivity index (χ0) is 22.0. The molecule has 1 aromatic heterocycles. The van der Waals surface area contributed by atoms with E-state index < -0.39 is 19.3 Å². The van der Waals surface area contributed by atoms with Crippen molar-refractivity contribution in [3.63, 3.8) is 0 Å². The zero-order valence-corrected chi connectivity index (χ0v) is 18.2. The molecule has 2 unspecified atom stereocenters. The molecule has 11 heteroatoms. The summed E-state index contributed by atoms with van der Waals surface area (Å²) in [6.45, 7) is 1.74. The first kappa shape index (κ1) is 22.2. The highest BCUT2D eigenvalue weighted by Crippen LogP contribution is 2.37. The molecule has 0 aliphatic carbocycles. The lowest BCUT2D eigenvalue weighted by atomic mass is 9.71. The van der Waals surface area contributed by atoms with Gasteiger partial charge in [-0.3, -0.25) is 0 Å². The maximum Gasteiger partial charge on any atom is 0.376 e. The van der Waals surface area contributed by atoms with Crippen molar-refractivity contribution in [1.29, 1.82) is 0 Å². The first-order valence-electron chi connectivity index (χ1n) is 10.4. The lowest BCUT2D eigenvalue weighted by molar-refractivity contribution is -0.0455. The van der Waals surface area contributed by atoms with E-state index in [0.717, 1.165) is 12.8 Å². The number of rotatable bonds is 7. The maximum atomic E-state index is 15.2. The van der Waals surface area contributed by atoms with E-state index in [1.807, 2.05) is 4.81 Å². The average molecular weight is 451 g/mol. The highest BCUT2D eigenvalue weighted by atomic mass is 35.5. The lowest BCUT2D eigenvalue weighted by Crippen LogP contribution is -2.64. The highest BCUT2D eigenvalue weighted by molar-refractivity contribution is 6.45. The van der Waals surface area contributed by atoms with Crippen molar-refractivity contribution in [3.05, 3.63) is 29.4 Å². The molecule has 2 fully saturated rings. The van der Waals surface area contributed by atoms with Crippen LogP contribution in [0.15, 0.2) is 24.4 Å². The molecular weight excluding hydrogens is 426 g/mol. The average Bonchev–Trinajstić information content (AvgIpc) is 2.76. The molecule has 2 aliphatic rings. The Kier molecular flexibility index (Phi) is 6.91. The topological polar surface area (TPSA) is 89.8 Å². The van der Waals surface area contributed by atoms with Gasteiger partial charge < -0.3 is 24.0 Å². The second kappa shape index (κ2) is 9.64. The summed E-state index contributed by atoms with van der Waals surface area (Å²) in [6.07, 6.45) is 2.61. The molecule has 1 N–H and O–H groups in total. The zero-order valence-electron chi connectivity index (χ0n) is 17.4. The number of benzene rings is 1. The minimum absolute atomic E-state index is 0.0490. The van der Waals surface area contributed by atoms with Crippen LogP contribution in [0.3, 0.4) is 0 Å². The van der Waals surface area contributed by atoms with Crippen LogP contribution in [0.2, 0.25) is 11.8 Å². The van der Waals surface area contributed by atoms with Crippen LogP contribution in [-0.2, 0) is 4.74 Å². The smallest absolute Gasteiger partial charge is 0.376 e. The van der Waals surface area contributed by atoms with Crippen molar-refractivity contribution in [1.82, 2.24) is 20.0 Å². The van der Waals surface area contributed by atoms with Gasteiger partial charge in [0.05, 0.1) is 11.8 Å². The summed E-state index contributed by atoms with van der Waals surface area (Å²) >= 11 is 6.05. The van der Waals surface area contributed by atoms with Crippen LogP contribution >= 0.6 is 11.6 Å². The van der Waals surface area contributed by atoms with Gasteiger partial charge in [0.2, 0.25) is 0 Å². The molecule has 8 nitrogen and oxygen atoms in total. The summed E-state index contributed by atoms with van der Waals surface area (Å²) in [5, 5.41) is 18.8. The van der Waals surface area contributed by atoms with E-state index in [4.69, 9.17) is 25.8 Å². The fourth-order valence-corrected chi connectivity index (χ4v) is 4.72. The third kappa shape index (κ3) is 4.77. The van der Waals surface area contributed by atoms with Crippen molar-refractivity contribution in [2.75, 3.05) is 13.9 Å². The van der Waals surface area contributed by atoms with E-state index in [0.29, 0.717) is 35.0 Å². The van der Waals surface area contributed by atoms with Gasteiger partial charge in [0, 0.05) is 30.6 Å². The molecule has 2 aliphatic heterocycles. The number of methoxy groups -OCH3 is 1. The number of hydrogen-bond donors (Lipinski definition) is 1. The third-order valence-corrected chi connectivity index (χ3v) is 6.07. The van der Waals surface area contributed by atoms with Gasteiger partial charge in [-0.2, -0.15) is 0 Å². The summed E-state index contributed by atoms with van der Waals surface area (Å²) in [5.74, 6) is 0.952. The Balaban J connectivity index is 1.49. The molecule has 0 saturated carbocycles. The Morgan fingerprint density at radius 1 is 1.32 bits per heavy atom. The summed E-state index contributed by atoms with van der Waals surface area (Å²) < 4.78 is 31.5. The van der Waals surface area contributed by atoms with Gasteiger partial charge in [-0.25, -0.2) is 9.37 Å². The number of aromatic nitrogens is 3. The second-order valence-electron chi connectivity index (χ2n) is 7.88. The van der Waals surface area contributed by atoms with Crippen LogP contribution in [0.25, 0.3) is 11.4 Å². The number of fused-ring (bicyclic) bond motifs is 2. The minimum Gasteiger partial charge on any atom is -0.469 e. The van der Waals surface area contributed by atoms with Crippen molar-refractivity contribution in [3.8, 4) is 23.0 Å². The van der Waals surface area contributed by atoms with E-state index in [-0.39, 0.29) is 24.8 Å². The first-order chi connectivity index (χ1) is 15.0. The van der Waals surface area contributed by atoms with E-state index in [1.165, 1.54) is 13.3 Å². The summed E-state index contributed by atoms with van der Waals surface area (Å²) in [4.78, 5) is 6.20. The lowest BCUT2D eigenvalue weighted by Gasteiger charge is -2.50. The first-order valence-corrected chi connectivity index (χ1v) is 10.7. The predicted octanol–water partition coefficient (Wildman–Crippen LogP) is 3.00. The molecule has 0 radical (unpaired) electrons. The van der Waals surface area contributed by atoms with Crippen molar-refractivity contribution >= 4 is 18.7 Å². The normalized spacial score (nSPS) is 25.8. The Bertz CT molecular complexity index is 894. The monoisotopic (exact) mass is 450 g/mol. The van der Waals surface area contributed by atoms with Crippen LogP contribution in [0.1, 0.15) is 25.7 Å². The van der Waals surface area contributed by atoms with Crippen molar-refractivity contribution in [2.45, 2.75) is 56.9 Å². The Labute approximate surface area is 185 Å². The van der Waals surface area contributed by atoms with Gasteiger partial charge in [-0.1, -0.05) is 18.0 Å². The van der Waals surface area contributed by atoms with E-state index >= 15 is 4.39 Å². The van der Waals surface area contributed by atoms with E-state index in [2.05, 4.69) is 15.2 Å². The Morgan fingerprint density at radius 3 is 2.87 bits per heavy atom. The van der Waals surface area contributed by atoms with Crippen LogP contribution in [0, 0.1) is 0 Å². The van der Waals surface area contributed by atoms with Crippen LogP contribution < -0.4 is 9.47 Å². The van der Waals surface area contributed by atoms with E-state index in [1.54, 1.807) is 25.0 Å². The number of halogens is 2. The standard InChI is InChI=1S/C20H25BClFN4O4/c1-21(28)27-13-4-3-5-15(27)19(23)17(9-13)31-18-10-24-20(26-25-18)14-7-6-12(22)8-16(14)30-11-29-2/h6-8,10,13,15,17,19,28H,3-5,9,11H2,1-2H3/t13?,15?,17-,19+/m0/s1. The molecule has 0 amide bonds. The van der Waals surface area contributed by atoms with Gasteiger partial charge >= 0.3 is 7.05 Å². The minimum atomic E-state index is -1.22. The highest BCUT2D eigenvalue weighted by Gasteiger charge is 2.48. The number of alkyl halides is 1. The number of piperidine rings is 2. The fourth-order valence-electron chi connectivity index (χ4n) is 4.56. The molecule has 4 rings (SSSR count). The predicted molar refractivity (Wildman–Crippen MR) is 114 cm³/mol. The van der Waals surface area contributed by atoms with Crippen molar-refractivity contribution < 1.29 is 23.6 Å². The number of ether oxygens (including phenoxy) is 3. The Hall–Kier alpha value is -2.01. The van der Waals surface area contributed by atoms with Gasteiger partial charge in [-0.15, -0.1) is 10.2 Å². The molecule has 1 aromatic carbocycles. The molecule has 2 aromatic rings. The van der Waals surface area contributed by atoms with Crippen molar-refractivity contribution in [2.24, 2.45) is 0 Å². The molecule has 2 saturated heterocycles. The SMILES string of the molecule is COCOc1cc(Cl)ccc1-c1ncc(O[C@H]2CC3CCCC([C@H]2F)N3B(C)O)nn1. The van der Waals surface area contributed by atoms with Gasteiger partial charge in [-0.05, 0) is 37.9 Å². The molecule has 0 spiro atoms. The molecule has 4 atom stereocenters. The second-order valence-corrected chi connectivity index (χ2v) is 8.32. The number of hydrogen-bond acceptors (Lipinski definition) is 8. The molecule has 166 valence electrons. The van der Waals surface area contributed by atoms with Gasteiger partial charge in [0.1, 0.15) is 11.9 Å². The Morgan fingerprint density at radius 2 is 2.16 bits per heavy atom. The van der Waals surface area contributed by atoms with Crippen LogP contribution in [0.4, 0.5) is 4.39 Å². The quantitative estimate of drug-likeness (QED) is 0.509. The number of nitrogens with zero attached hydrogens (tertiary/aromatic N) is 4. The maximum absolute atomic E-state index is 15.2. The largest absolute Gasteiger partial charge is 0.469 e. The summed E-state index contributed by atoms with van der Waals surface area (Å²) in [5.41, 5.74) is 0.601. The van der Waals surface area contributed by atoms with Crippen LogP contribution in [0.5, 0.6) is 11.6 Å². The molecular formula is C20H25BClFN4O4. The van der Waals surface area contributed by atoms with Gasteiger partial charge in [0.15, 0.2) is 18.8 Å². The van der Waals surface area contributed by atoms with E-state index in [9.17, 15) is 5.02 Å². The van der Waals surface area contributed by atoms with Crippen LogP contribution in [-0.4, -0.2) is 70.3 Å². The molecule has 31 heavy (non-hydrogen) atoms.